The number of rotatable bonds is 4. The molecule has 0 aliphatic carbocycles. The lowest BCUT2D eigenvalue weighted by Gasteiger charge is -1.87. The molecule has 0 aromatic rings. The van der Waals surface area contributed by atoms with E-state index in [0.717, 1.165) is 0 Å². The topological polar surface area (TPSA) is 74.6 Å². The van der Waals surface area contributed by atoms with Crippen molar-refractivity contribution in [2.75, 3.05) is 0 Å². The van der Waals surface area contributed by atoms with Crippen LogP contribution in [0.4, 0.5) is 0 Å². The maximum atomic E-state index is 10.1. The fraction of sp³-hybridized carbons (Fsp3) is 0.273. The van der Waals surface area contributed by atoms with Crippen LogP contribution in [0.1, 0.15) is 20.3 Å². The van der Waals surface area contributed by atoms with Crippen molar-refractivity contribution in [2.45, 2.75) is 20.3 Å². The predicted octanol–water partition coefficient (Wildman–Crippen LogP) is 2.24. The van der Waals surface area contributed by atoms with Crippen LogP contribution in [-0.4, -0.2) is 22.2 Å². The molecule has 0 unspecified atom stereocenters. The average Bonchev–Trinajstić information content (AvgIpc) is 2.14. The minimum atomic E-state index is -0.935. The Balaban J connectivity index is 0. The molecular weight excluding hydrogens is 196 g/mol. The van der Waals surface area contributed by atoms with E-state index in [1.165, 1.54) is 6.92 Å². The summed E-state index contributed by atoms with van der Waals surface area (Å²) in [5.41, 5.74) is 0.546. The van der Waals surface area contributed by atoms with Crippen molar-refractivity contribution in [1.29, 1.82) is 0 Å². The molecule has 0 radical (unpaired) electrons. The quantitative estimate of drug-likeness (QED) is 0.553. The van der Waals surface area contributed by atoms with E-state index in [0.29, 0.717) is 12.0 Å². The number of carboxylic acid groups (broad SMARTS) is 2. The summed E-state index contributed by atoms with van der Waals surface area (Å²) >= 11 is 0. The molecule has 0 saturated carbocycles. The maximum Gasteiger partial charge on any atom is 0.330 e. The van der Waals surface area contributed by atoms with E-state index < -0.39 is 11.9 Å². The molecule has 0 rings (SSSR count). The molecule has 0 bridgehead atoms. The van der Waals surface area contributed by atoms with Crippen molar-refractivity contribution in [3.8, 4) is 0 Å². The van der Waals surface area contributed by atoms with E-state index in [-0.39, 0.29) is 5.57 Å². The number of hydrogen-bond acceptors (Lipinski definition) is 2. The standard InChI is InChI=1S/C7H10O2.C4H6O2/c1-3-4-5-6(2)7(8)9;1-3(2)4(5)6/h3,5H,1,4H2,2H3,(H,8,9);1H2,2H3,(H,5,6). The lowest BCUT2D eigenvalue weighted by molar-refractivity contribution is -0.133. The lowest BCUT2D eigenvalue weighted by atomic mass is 10.2. The molecule has 2 N–H and O–H groups in total. The largest absolute Gasteiger partial charge is 0.478 e. The molecule has 0 spiro atoms. The van der Waals surface area contributed by atoms with Gasteiger partial charge in [0.2, 0.25) is 0 Å². The zero-order chi connectivity index (χ0) is 12.4. The van der Waals surface area contributed by atoms with E-state index in [4.69, 9.17) is 10.2 Å². The Morgan fingerprint density at radius 1 is 1.20 bits per heavy atom. The Kier molecular flexibility index (Phi) is 9.11. The zero-order valence-electron chi connectivity index (χ0n) is 8.99. The molecule has 0 aliphatic heterocycles. The molecule has 84 valence electrons. The van der Waals surface area contributed by atoms with E-state index in [2.05, 4.69) is 13.2 Å². The molecule has 0 amide bonds. The average molecular weight is 212 g/mol. The Bertz CT molecular complexity index is 275. The summed E-state index contributed by atoms with van der Waals surface area (Å²) < 4.78 is 0. The molecular formula is C11H16O4. The van der Waals surface area contributed by atoms with Crippen molar-refractivity contribution < 1.29 is 19.8 Å². The van der Waals surface area contributed by atoms with Gasteiger partial charge in [-0.2, -0.15) is 0 Å². The van der Waals surface area contributed by atoms with Crippen molar-refractivity contribution in [3.05, 3.63) is 36.5 Å². The van der Waals surface area contributed by atoms with E-state index in [9.17, 15) is 9.59 Å². The van der Waals surface area contributed by atoms with E-state index in [1.807, 2.05) is 0 Å². The summed E-state index contributed by atoms with van der Waals surface area (Å²) in [6.45, 7) is 9.62. The van der Waals surface area contributed by atoms with E-state index in [1.54, 1.807) is 19.1 Å². The summed E-state index contributed by atoms with van der Waals surface area (Å²) in [5, 5.41) is 16.2. The molecule has 0 atom stereocenters. The number of allylic oxidation sites excluding steroid dienone is 2. The van der Waals surface area contributed by atoms with Crippen molar-refractivity contribution in [2.24, 2.45) is 0 Å². The van der Waals surface area contributed by atoms with Crippen LogP contribution in [0.5, 0.6) is 0 Å². The highest BCUT2D eigenvalue weighted by atomic mass is 16.4. The van der Waals surface area contributed by atoms with Crippen LogP contribution < -0.4 is 0 Å². The van der Waals surface area contributed by atoms with Gasteiger partial charge in [0.05, 0.1) is 0 Å². The second kappa shape index (κ2) is 8.74. The van der Waals surface area contributed by atoms with Gasteiger partial charge < -0.3 is 10.2 Å². The predicted molar refractivity (Wildman–Crippen MR) is 58.7 cm³/mol. The highest BCUT2D eigenvalue weighted by Gasteiger charge is 1.95. The number of carboxylic acids is 2. The molecule has 4 nitrogen and oxygen atoms in total. The first-order chi connectivity index (χ1) is 6.82. The fourth-order valence-electron chi connectivity index (χ4n) is 0.347. The van der Waals surface area contributed by atoms with Gasteiger partial charge in [0, 0.05) is 11.1 Å². The van der Waals surface area contributed by atoms with Crippen LogP contribution in [0.15, 0.2) is 36.5 Å². The van der Waals surface area contributed by atoms with Gasteiger partial charge in [0.25, 0.3) is 0 Å². The second-order valence-electron chi connectivity index (χ2n) is 2.80. The number of aliphatic carboxylic acids is 2. The van der Waals surface area contributed by atoms with Crippen molar-refractivity contribution in [1.82, 2.24) is 0 Å². The minimum Gasteiger partial charge on any atom is -0.478 e. The summed E-state index contributed by atoms with van der Waals surface area (Å²) in [7, 11) is 0. The smallest absolute Gasteiger partial charge is 0.330 e. The van der Waals surface area contributed by atoms with Crippen molar-refractivity contribution >= 4 is 11.9 Å². The molecule has 15 heavy (non-hydrogen) atoms. The highest BCUT2D eigenvalue weighted by molar-refractivity contribution is 5.85. The first-order valence-electron chi connectivity index (χ1n) is 4.22. The molecule has 0 heterocycles. The first kappa shape index (κ1) is 15.6. The van der Waals surface area contributed by atoms with Gasteiger partial charge in [-0.1, -0.05) is 18.7 Å². The van der Waals surface area contributed by atoms with Crippen LogP contribution in [0.25, 0.3) is 0 Å². The highest BCUT2D eigenvalue weighted by Crippen LogP contribution is 1.94. The van der Waals surface area contributed by atoms with Crippen LogP contribution in [0.3, 0.4) is 0 Å². The summed E-state index contributed by atoms with van der Waals surface area (Å²) in [6, 6.07) is 0. The third-order valence-electron chi connectivity index (χ3n) is 1.29. The first-order valence-corrected chi connectivity index (χ1v) is 4.22. The normalized spacial score (nSPS) is 9.60. The second-order valence-corrected chi connectivity index (χ2v) is 2.80. The number of hydrogen-bond donors (Lipinski definition) is 2. The number of carbonyl (C=O) groups is 2. The fourth-order valence-corrected chi connectivity index (χ4v) is 0.347. The van der Waals surface area contributed by atoms with E-state index >= 15 is 0 Å². The Labute approximate surface area is 89.2 Å². The van der Waals surface area contributed by atoms with Crippen LogP contribution in [0.2, 0.25) is 0 Å². The van der Waals surface area contributed by atoms with Gasteiger partial charge in [-0.3, -0.25) is 0 Å². The maximum absolute atomic E-state index is 10.1. The van der Waals surface area contributed by atoms with Gasteiger partial charge in [-0.25, -0.2) is 9.59 Å². The third kappa shape index (κ3) is 12.2. The summed E-state index contributed by atoms with van der Waals surface area (Å²) in [4.78, 5) is 19.7. The molecule has 0 saturated heterocycles. The Morgan fingerprint density at radius 2 is 1.60 bits per heavy atom. The van der Waals surface area contributed by atoms with Gasteiger partial charge >= 0.3 is 11.9 Å². The Hall–Kier alpha value is -1.84. The van der Waals surface area contributed by atoms with Gasteiger partial charge in [0.1, 0.15) is 0 Å². The van der Waals surface area contributed by atoms with Crippen LogP contribution >= 0.6 is 0 Å². The zero-order valence-corrected chi connectivity index (χ0v) is 8.99. The van der Waals surface area contributed by atoms with Gasteiger partial charge in [-0.15, -0.1) is 6.58 Å². The molecule has 0 aromatic heterocycles. The Morgan fingerprint density at radius 3 is 1.80 bits per heavy atom. The molecule has 0 aliphatic rings. The van der Waals surface area contributed by atoms with Crippen molar-refractivity contribution in [3.63, 3.8) is 0 Å². The molecule has 0 aromatic carbocycles. The SMILES string of the molecule is C=C(C)C(=O)O.C=CCC=C(C)C(=O)O. The lowest BCUT2D eigenvalue weighted by Crippen LogP contribution is -1.94. The molecule has 4 heteroatoms. The molecule has 0 fully saturated rings. The minimum absolute atomic E-state index is 0.176. The van der Waals surface area contributed by atoms with Crippen LogP contribution in [-0.2, 0) is 9.59 Å². The summed E-state index contributed by atoms with van der Waals surface area (Å²) in [6.07, 6.45) is 3.90. The third-order valence-corrected chi connectivity index (χ3v) is 1.29. The van der Waals surface area contributed by atoms with Gasteiger partial charge in [0.15, 0.2) is 0 Å². The van der Waals surface area contributed by atoms with Gasteiger partial charge in [-0.05, 0) is 20.3 Å². The van der Waals surface area contributed by atoms with Crippen LogP contribution in [0, 0.1) is 0 Å². The monoisotopic (exact) mass is 212 g/mol. The summed E-state index contributed by atoms with van der Waals surface area (Å²) in [5.74, 6) is -1.80.